The number of rotatable bonds is 3. The third-order valence-electron chi connectivity index (χ3n) is 3.85. The van der Waals surface area contributed by atoms with Gasteiger partial charge in [-0.05, 0) is 12.8 Å². The number of thiazole rings is 1. The summed E-state index contributed by atoms with van der Waals surface area (Å²) in [4.78, 5) is 11.5. The van der Waals surface area contributed by atoms with Crippen LogP contribution in [0.4, 0.5) is 0 Å². The molecule has 0 bridgehead atoms. The summed E-state index contributed by atoms with van der Waals surface area (Å²) in [5.41, 5.74) is 7.42. The lowest BCUT2D eigenvalue weighted by Gasteiger charge is -2.20. The van der Waals surface area contributed by atoms with Gasteiger partial charge in [-0.15, -0.1) is 11.3 Å². The summed E-state index contributed by atoms with van der Waals surface area (Å²) in [6, 6.07) is 0. The van der Waals surface area contributed by atoms with E-state index in [9.17, 15) is 0 Å². The fourth-order valence-electron chi connectivity index (χ4n) is 2.44. The highest BCUT2D eigenvalue weighted by molar-refractivity contribution is 7.09. The topological polar surface area (TPSA) is 54.5 Å². The van der Waals surface area contributed by atoms with Crippen LogP contribution in [0.2, 0.25) is 0 Å². The van der Waals surface area contributed by atoms with Crippen LogP contribution in [0, 0.1) is 0 Å². The minimum absolute atomic E-state index is 0.128. The van der Waals surface area contributed by atoms with Gasteiger partial charge in [0.15, 0.2) is 5.96 Å². The number of aromatic nitrogens is 1. The van der Waals surface area contributed by atoms with Crippen molar-refractivity contribution in [1.82, 2.24) is 9.88 Å². The largest absolute Gasteiger partial charge is 0.370 e. The number of hydrogen-bond donors (Lipinski definition) is 1. The smallest absolute Gasteiger partial charge is 0.191 e. The van der Waals surface area contributed by atoms with Crippen LogP contribution in [0.15, 0.2) is 10.4 Å². The zero-order chi connectivity index (χ0) is 15.3. The Morgan fingerprint density at radius 3 is 2.52 bits per heavy atom. The van der Waals surface area contributed by atoms with Gasteiger partial charge in [0.2, 0.25) is 0 Å². The highest BCUT2D eigenvalue weighted by Gasteiger charge is 2.17. The highest BCUT2D eigenvalue weighted by atomic mass is 32.1. The minimum atomic E-state index is 0.128. The number of guanidine groups is 1. The third kappa shape index (κ3) is 4.99. The molecule has 0 aliphatic carbocycles. The van der Waals surface area contributed by atoms with Gasteiger partial charge in [-0.25, -0.2) is 4.98 Å². The third-order valence-corrected chi connectivity index (χ3v) is 4.76. The van der Waals surface area contributed by atoms with Crippen molar-refractivity contribution in [3.05, 3.63) is 16.1 Å². The van der Waals surface area contributed by atoms with E-state index in [0.717, 1.165) is 31.1 Å². The number of hydrogen-bond acceptors (Lipinski definition) is 3. The first kappa shape index (κ1) is 16.3. The van der Waals surface area contributed by atoms with E-state index in [1.807, 2.05) is 0 Å². The molecule has 1 saturated heterocycles. The van der Waals surface area contributed by atoms with Gasteiger partial charge in [-0.3, -0.25) is 4.99 Å². The van der Waals surface area contributed by atoms with Gasteiger partial charge in [0.25, 0.3) is 0 Å². The van der Waals surface area contributed by atoms with Crippen LogP contribution in [0.5, 0.6) is 0 Å². The Morgan fingerprint density at radius 1 is 1.29 bits per heavy atom. The fraction of sp³-hybridized carbons (Fsp3) is 0.750. The Morgan fingerprint density at radius 2 is 1.95 bits per heavy atom. The molecule has 4 nitrogen and oxygen atoms in total. The predicted molar refractivity (Wildman–Crippen MR) is 91.0 cm³/mol. The molecule has 0 unspecified atom stereocenters. The molecule has 0 saturated carbocycles. The van der Waals surface area contributed by atoms with Crippen molar-refractivity contribution in [2.75, 3.05) is 19.6 Å². The number of likely N-dealkylation sites (tertiary alicyclic amines) is 1. The molecular formula is C16H28N4S. The summed E-state index contributed by atoms with van der Waals surface area (Å²) < 4.78 is 0. The SMILES string of the molecule is CC(C)(C)c1csc(CCN=C(N)N2CCCCCC2)n1. The molecule has 0 amide bonds. The Kier molecular flexibility index (Phi) is 5.62. The minimum Gasteiger partial charge on any atom is -0.370 e. The molecule has 118 valence electrons. The first-order valence-corrected chi connectivity index (χ1v) is 8.84. The van der Waals surface area contributed by atoms with Crippen LogP contribution in [-0.4, -0.2) is 35.5 Å². The van der Waals surface area contributed by atoms with E-state index in [1.54, 1.807) is 11.3 Å². The molecule has 1 aliphatic rings. The van der Waals surface area contributed by atoms with Crippen molar-refractivity contribution >= 4 is 17.3 Å². The maximum Gasteiger partial charge on any atom is 0.191 e. The first-order valence-electron chi connectivity index (χ1n) is 7.96. The van der Waals surface area contributed by atoms with Crippen molar-refractivity contribution in [2.45, 2.75) is 58.3 Å². The van der Waals surface area contributed by atoms with Gasteiger partial charge in [0.1, 0.15) is 0 Å². The average molecular weight is 308 g/mol. The van der Waals surface area contributed by atoms with Crippen LogP contribution in [0.25, 0.3) is 0 Å². The van der Waals surface area contributed by atoms with Gasteiger partial charge in [0.05, 0.1) is 10.7 Å². The molecule has 21 heavy (non-hydrogen) atoms. The van der Waals surface area contributed by atoms with E-state index in [2.05, 4.69) is 36.0 Å². The number of aliphatic imine (C=N–C) groups is 1. The lowest BCUT2D eigenvalue weighted by molar-refractivity contribution is 0.428. The maximum atomic E-state index is 6.12. The molecule has 0 atom stereocenters. The number of nitrogens with two attached hydrogens (primary N) is 1. The molecule has 0 aromatic carbocycles. The summed E-state index contributed by atoms with van der Waals surface area (Å²) >= 11 is 1.73. The lowest BCUT2D eigenvalue weighted by Crippen LogP contribution is -2.38. The van der Waals surface area contributed by atoms with Crippen molar-refractivity contribution in [3.63, 3.8) is 0 Å². The highest BCUT2D eigenvalue weighted by Crippen LogP contribution is 2.24. The molecule has 1 fully saturated rings. The molecule has 1 aliphatic heterocycles. The van der Waals surface area contributed by atoms with E-state index in [4.69, 9.17) is 10.7 Å². The molecule has 0 spiro atoms. The second-order valence-corrected chi connectivity index (χ2v) is 7.71. The van der Waals surface area contributed by atoms with E-state index in [0.29, 0.717) is 5.96 Å². The van der Waals surface area contributed by atoms with Crippen LogP contribution in [-0.2, 0) is 11.8 Å². The standard InChI is InChI=1S/C16H28N4S/c1-16(2,3)13-12-21-14(19-13)8-9-18-15(17)20-10-6-4-5-7-11-20/h12H,4-11H2,1-3H3,(H2,17,18). The van der Waals surface area contributed by atoms with Crippen molar-refractivity contribution in [3.8, 4) is 0 Å². The van der Waals surface area contributed by atoms with Crippen LogP contribution >= 0.6 is 11.3 Å². The second-order valence-electron chi connectivity index (χ2n) is 6.77. The van der Waals surface area contributed by atoms with E-state index in [1.165, 1.54) is 31.4 Å². The Bertz CT molecular complexity index is 465. The van der Waals surface area contributed by atoms with E-state index >= 15 is 0 Å². The van der Waals surface area contributed by atoms with Crippen molar-refractivity contribution in [1.29, 1.82) is 0 Å². The quantitative estimate of drug-likeness (QED) is 0.689. The molecule has 2 heterocycles. The Balaban J connectivity index is 1.84. The normalized spacial score (nSPS) is 17.9. The zero-order valence-electron chi connectivity index (χ0n) is 13.6. The van der Waals surface area contributed by atoms with Gasteiger partial charge in [-0.1, -0.05) is 33.6 Å². The predicted octanol–water partition coefficient (Wildman–Crippen LogP) is 3.17. The first-order chi connectivity index (χ1) is 9.97. The van der Waals surface area contributed by atoms with Gasteiger partial charge in [0, 0.05) is 36.9 Å². The maximum absolute atomic E-state index is 6.12. The zero-order valence-corrected chi connectivity index (χ0v) is 14.4. The number of nitrogens with zero attached hydrogens (tertiary/aromatic N) is 3. The van der Waals surface area contributed by atoms with E-state index < -0.39 is 0 Å². The lowest BCUT2D eigenvalue weighted by atomic mass is 9.93. The summed E-state index contributed by atoms with van der Waals surface area (Å²) in [6.07, 6.45) is 5.99. The molecule has 1 aromatic rings. The monoisotopic (exact) mass is 308 g/mol. The Hall–Kier alpha value is -1.10. The van der Waals surface area contributed by atoms with Gasteiger partial charge >= 0.3 is 0 Å². The molecule has 5 heteroatoms. The summed E-state index contributed by atoms with van der Waals surface area (Å²) in [5, 5.41) is 3.32. The summed E-state index contributed by atoms with van der Waals surface area (Å²) in [6.45, 7) is 9.44. The van der Waals surface area contributed by atoms with Gasteiger partial charge < -0.3 is 10.6 Å². The van der Waals surface area contributed by atoms with Crippen molar-refractivity contribution in [2.24, 2.45) is 10.7 Å². The molecule has 2 N–H and O–H groups in total. The second kappa shape index (κ2) is 7.25. The summed E-state index contributed by atoms with van der Waals surface area (Å²) in [7, 11) is 0. The summed E-state index contributed by atoms with van der Waals surface area (Å²) in [5.74, 6) is 0.713. The molecule has 1 aromatic heterocycles. The van der Waals surface area contributed by atoms with E-state index in [-0.39, 0.29) is 5.41 Å². The molecular weight excluding hydrogens is 280 g/mol. The molecule has 0 radical (unpaired) electrons. The van der Waals surface area contributed by atoms with Crippen LogP contribution in [0.1, 0.15) is 57.2 Å². The van der Waals surface area contributed by atoms with Crippen LogP contribution in [0.3, 0.4) is 0 Å². The van der Waals surface area contributed by atoms with Crippen molar-refractivity contribution < 1.29 is 0 Å². The average Bonchev–Trinajstić information content (AvgIpc) is 2.73. The molecule has 2 rings (SSSR count). The Labute approximate surface area is 132 Å². The fourth-order valence-corrected chi connectivity index (χ4v) is 3.45. The van der Waals surface area contributed by atoms with Gasteiger partial charge in [-0.2, -0.15) is 0 Å². The van der Waals surface area contributed by atoms with Crippen LogP contribution < -0.4 is 5.73 Å².